The number of nitrogens with one attached hydrogen (secondary N) is 1. The van der Waals surface area contributed by atoms with Crippen molar-refractivity contribution in [2.75, 3.05) is 33.3 Å². The van der Waals surface area contributed by atoms with Gasteiger partial charge in [0, 0.05) is 32.2 Å². The molecule has 5 heteroatoms. The van der Waals surface area contributed by atoms with Crippen LogP contribution >= 0.6 is 0 Å². The number of piperazine rings is 1. The van der Waals surface area contributed by atoms with E-state index in [1.165, 1.54) is 7.11 Å². The Hall–Kier alpha value is -0.650. The van der Waals surface area contributed by atoms with Gasteiger partial charge in [0.2, 0.25) is 0 Å². The van der Waals surface area contributed by atoms with Crippen LogP contribution in [0.25, 0.3) is 0 Å². The van der Waals surface area contributed by atoms with Crippen molar-refractivity contribution in [1.82, 2.24) is 10.2 Å². The smallest absolute Gasteiger partial charge is 0.323 e. The molecular weight excluding hydrogens is 182 g/mol. The van der Waals surface area contributed by atoms with E-state index in [1.54, 1.807) is 0 Å². The van der Waals surface area contributed by atoms with E-state index in [-0.39, 0.29) is 5.97 Å². The minimum absolute atomic E-state index is 0.337. The van der Waals surface area contributed by atoms with Crippen LogP contribution in [0.15, 0.2) is 0 Å². The summed E-state index contributed by atoms with van der Waals surface area (Å²) in [6, 6.07) is -0.0972. The molecule has 0 radical (unpaired) electrons. The van der Waals surface area contributed by atoms with E-state index < -0.39 is 6.04 Å². The molecule has 2 unspecified atom stereocenters. The Morgan fingerprint density at radius 2 is 2.50 bits per heavy atom. The SMILES string of the molecule is COC(=O)C(N)CN1CCNCC1C. The normalized spacial score (nSPS) is 25.8. The number of esters is 1. The van der Waals surface area contributed by atoms with Crippen LogP contribution in [0.5, 0.6) is 0 Å². The highest BCUT2D eigenvalue weighted by molar-refractivity contribution is 5.75. The monoisotopic (exact) mass is 201 g/mol. The molecule has 0 aromatic carbocycles. The molecule has 1 rings (SSSR count). The Kier molecular flexibility index (Phi) is 4.31. The van der Waals surface area contributed by atoms with E-state index >= 15 is 0 Å². The van der Waals surface area contributed by atoms with Crippen molar-refractivity contribution in [3.8, 4) is 0 Å². The van der Waals surface area contributed by atoms with Gasteiger partial charge in [0.25, 0.3) is 0 Å². The third kappa shape index (κ3) is 2.94. The average molecular weight is 201 g/mol. The standard InChI is InChI=1S/C9H19N3O2/c1-7-5-11-3-4-12(7)6-8(10)9(13)14-2/h7-8,11H,3-6,10H2,1-2H3. The van der Waals surface area contributed by atoms with Crippen LogP contribution in [0.1, 0.15) is 6.92 Å². The maximum atomic E-state index is 11.1. The van der Waals surface area contributed by atoms with E-state index in [0.717, 1.165) is 19.6 Å². The summed E-state index contributed by atoms with van der Waals surface area (Å²) in [5.74, 6) is -0.337. The maximum Gasteiger partial charge on any atom is 0.323 e. The van der Waals surface area contributed by atoms with Crippen molar-refractivity contribution < 1.29 is 9.53 Å². The highest BCUT2D eigenvalue weighted by Gasteiger charge is 2.23. The van der Waals surface area contributed by atoms with E-state index in [1.807, 2.05) is 0 Å². The van der Waals surface area contributed by atoms with Crippen molar-refractivity contribution in [1.29, 1.82) is 0 Å². The molecule has 3 N–H and O–H groups in total. The predicted molar refractivity (Wildman–Crippen MR) is 53.9 cm³/mol. The van der Waals surface area contributed by atoms with Gasteiger partial charge in [-0.3, -0.25) is 9.69 Å². The summed E-state index contributed by atoms with van der Waals surface area (Å²) in [5.41, 5.74) is 5.68. The lowest BCUT2D eigenvalue weighted by Gasteiger charge is -2.34. The first kappa shape index (κ1) is 11.4. The van der Waals surface area contributed by atoms with Gasteiger partial charge in [0.05, 0.1) is 7.11 Å². The Morgan fingerprint density at radius 3 is 3.07 bits per heavy atom. The molecule has 0 aliphatic carbocycles. The number of nitrogens with two attached hydrogens (primary N) is 1. The molecule has 1 fully saturated rings. The third-order valence-electron chi connectivity index (χ3n) is 2.57. The quantitative estimate of drug-likeness (QED) is 0.560. The topological polar surface area (TPSA) is 67.6 Å². The Labute approximate surface area is 84.6 Å². The molecule has 1 aliphatic heterocycles. The molecule has 2 atom stereocenters. The van der Waals surface area contributed by atoms with Gasteiger partial charge in [-0.25, -0.2) is 0 Å². The van der Waals surface area contributed by atoms with Crippen molar-refractivity contribution >= 4 is 5.97 Å². The lowest BCUT2D eigenvalue weighted by atomic mass is 10.2. The minimum atomic E-state index is -0.527. The van der Waals surface area contributed by atoms with Gasteiger partial charge in [-0.1, -0.05) is 0 Å². The predicted octanol–water partition coefficient (Wildman–Crippen LogP) is -1.22. The molecular formula is C9H19N3O2. The number of hydrogen-bond acceptors (Lipinski definition) is 5. The zero-order chi connectivity index (χ0) is 10.6. The van der Waals surface area contributed by atoms with Crippen LogP contribution < -0.4 is 11.1 Å². The Bertz CT molecular complexity index is 198. The van der Waals surface area contributed by atoms with Crippen LogP contribution in [-0.2, 0) is 9.53 Å². The first-order valence-electron chi connectivity index (χ1n) is 4.93. The van der Waals surface area contributed by atoms with E-state index in [0.29, 0.717) is 12.6 Å². The van der Waals surface area contributed by atoms with Crippen LogP contribution in [0, 0.1) is 0 Å². The van der Waals surface area contributed by atoms with Crippen molar-refractivity contribution in [2.24, 2.45) is 5.73 Å². The van der Waals surface area contributed by atoms with E-state index in [4.69, 9.17) is 5.73 Å². The van der Waals surface area contributed by atoms with Gasteiger partial charge in [-0.15, -0.1) is 0 Å². The fourth-order valence-electron chi connectivity index (χ4n) is 1.63. The molecule has 0 saturated carbocycles. The third-order valence-corrected chi connectivity index (χ3v) is 2.57. The van der Waals surface area contributed by atoms with Gasteiger partial charge in [-0.2, -0.15) is 0 Å². The van der Waals surface area contributed by atoms with Crippen LogP contribution in [-0.4, -0.2) is 56.2 Å². The van der Waals surface area contributed by atoms with E-state index in [9.17, 15) is 4.79 Å². The number of rotatable bonds is 3. The van der Waals surface area contributed by atoms with Gasteiger partial charge < -0.3 is 15.8 Å². The molecule has 82 valence electrons. The number of carbonyl (C=O) groups is 1. The van der Waals surface area contributed by atoms with E-state index in [2.05, 4.69) is 21.9 Å². The molecule has 0 amide bonds. The van der Waals surface area contributed by atoms with Crippen molar-refractivity contribution in [3.05, 3.63) is 0 Å². The van der Waals surface area contributed by atoms with Gasteiger partial charge in [0.1, 0.15) is 6.04 Å². The number of hydrogen-bond donors (Lipinski definition) is 2. The highest BCUT2D eigenvalue weighted by Crippen LogP contribution is 2.03. The van der Waals surface area contributed by atoms with Crippen molar-refractivity contribution in [2.45, 2.75) is 19.0 Å². The largest absolute Gasteiger partial charge is 0.468 e. The summed E-state index contributed by atoms with van der Waals surface area (Å²) in [7, 11) is 1.36. The lowest BCUT2D eigenvalue weighted by molar-refractivity contribution is -0.142. The Morgan fingerprint density at radius 1 is 1.79 bits per heavy atom. The second-order valence-electron chi connectivity index (χ2n) is 3.68. The summed E-state index contributed by atoms with van der Waals surface area (Å²) in [6.45, 7) is 5.55. The summed E-state index contributed by atoms with van der Waals surface area (Å²) in [5, 5.41) is 3.28. The van der Waals surface area contributed by atoms with Gasteiger partial charge in [-0.05, 0) is 6.92 Å². The minimum Gasteiger partial charge on any atom is -0.468 e. The second-order valence-corrected chi connectivity index (χ2v) is 3.68. The second kappa shape index (κ2) is 5.29. The average Bonchev–Trinajstić information content (AvgIpc) is 2.20. The number of methoxy groups -OCH3 is 1. The molecule has 1 saturated heterocycles. The summed E-state index contributed by atoms with van der Waals surface area (Å²) in [4.78, 5) is 13.3. The summed E-state index contributed by atoms with van der Waals surface area (Å²) < 4.78 is 4.58. The fraction of sp³-hybridized carbons (Fsp3) is 0.889. The first-order valence-corrected chi connectivity index (χ1v) is 4.93. The molecule has 0 bridgehead atoms. The summed E-state index contributed by atoms with van der Waals surface area (Å²) >= 11 is 0. The molecule has 1 heterocycles. The van der Waals surface area contributed by atoms with Crippen LogP contribution in [0.3, 0.4) is 0 Å². The molecule has 0 aromatic rings. The zero-order valence-electron chi connectivity index (χ0n) is 8.82. The molecule has 1 aliphatic rings. The fourth-order valence-corrected chi connectivity index (χ4v) is 1.63. The number of carbonyl (C=O) groups excluding carboxylic acids is 1. The lowest BCUT2D eigenvalue weighted by Crippen LogP contribution is -2.54. The highest BCUT2D eigenvalue weighted by atomic mass is 16.5. The molecule has 5 nitrogen and oxygen atoms in total. The van der Waals surface area contributed by atoms with Gasteiger partial charge in [0.15, 0.2) is 0 Å². The van der Waals surface area contributed by atoms with Gasteiger partial charge >= 0.3 is 5.97 Å². The number of ether oxygens (including phenoxy) is 1. The maximum absolute atomic E-state index is 11.1. The summed E-state index contributed by atoms with van der Waals surface area (Å²) in [6.07, 6.45) is 0. The molecule has 14 heavy (non-hydrogen) atoms. The Balaban J connectivity index is 2.38. The molecule has 0 spiro atoms. The first-order chi connectivity index (χ1) is 6.65. The number of nitrogens with zero attached hydrogens (tertiary/aromatic N) is 1. The van der Waals surface area contributed by atoms with Crippen LogP contribution in [0.2, 0.25) is 0 Å². The molecule has 0 aromatic heterocycles. The zero-order valence-corrected chi connectivity index (χ0v) is 8.82. The van der Waals surface area contributed by atoms with Crippen molar-refractivity contribution in [3.63, 3.8) is 0 Å². The van der Waals surface area contributed by atoms with Crippen LogP contribution in [0.4, 0.5) is 0 Å².